The third-order valence-electron chi connectivity index (χ3n) is 6.44. The van der Waals surface area contributed by atoms with Crippen LogP contribution in [0, 0.1) is 29.1 Å². The number of hydrogen-bond acceptors (Lipinski definition) is 5. The van der Waals surface area contributed by atoms with Crippen LogP contribution in [0.4, 0.5) is 0 Å². The standard InChI is InChI=1S/C20H20N2O4/c1-2-26-15-9-11(3-6-14(15)23)10-21-22-18(24)16-12-4-5-13(17(16)19(22)25)20(12)7-8-20/h3-6,9-10,12-13,16-17,23H,2,7-8H2,1H3/b21-10-/t12-,13+,16-,17-/m0/s1. The fourth-order valence-corrected chi connectivity index (χ4v) is 5.18. The summed E-state index contributed by atoms with van der Waals surface area (Å²) in [6.07, 6.45) is 8.01. The molecule has 5 rings (SSSR count). The van der Waals surface area contributed by atoms with Gasteiger partial charge in [-0.15, -0.1) is 0 Å². The molecule has 0 radical (unpaired) electrons. The van der Waals surface area contributed by atoms with Crippen molar-refractivity contribution >= 4 is 18.0 Å². The molecular formula is C20H20N2O4. The van der Waals surface area contributed by atoms with E-state index in [0.717, 1.165) is 17.9 Å². The minimum atomic E-state index is -0.240. The van der Waals surface area contributed by atoms with E-state index < -0.39 is 0 Å². The van der Waals surface area contributed by atoms with E-state index in [2.05, 4.69) is 17.3 Å². The number of carbonyl (C=O) groups is 2. The zero-order valence-corrected chi connectivity index (χ0v) is 14.5. The van der Waals surface area contributed by atoms with Crippen LogP contribution >= 0.6 is 0 Å². The summed E-state index contributed by atoms with van der Waals surface area (Å²) >= 11 is 0. The second kappa shape index (κ2) is 5.19. The normalized spacial score (nSPS) is 32.9. The molecule has 2 saturated carbocycles. The predicted molar refractivity (Wildman–Crippen MR) is 93.5 cm³/mol. The van der Waals surface area contributed by atoms with Crippen LogP contribution in [0.2, 0.25) is 0 Å². The largest absolute Gasteiger partial charge is 0.504 e. The molecule has 1 spiro atoms. The lowest BCUT2D eigenvalue weighted by Gasteiger charge is -2.18. The molecule has 3 aliphatic carbocycles. The molecular weight excluding hydrogens is 332 g/mol. The Morgan fingerprint density at radius 1 is 1.23 bits per heavy atom. The van der Waals surface area contributed by atoms with Crippen molar-refractivity contribution in [2.24, 2.45) is 34.2 Å². The van der Waals surface area contributed by atoms with Crippen molar-refractivity contribution in [3.05, 3.63) is 35.9 Å². The van der Waals surface area contributed by atoms with Gasteiger partial charge in [0.2, 0.25) is 0 Å². The van der Waals surface area contributed by atoms with Crippen molar-refractivity contribution in [1.82, 2.24) is 5.01 Å². The van der Waals surface area contributed by atoms with Crippen LogP contribution in [-0.2, 0) is 9.59 Å². The topological polar surface area (TPSA) is 79.2 Å². The van der Waals surface area contributed by atoms with Gasteiger partial charge in [-0.1, -0.05) is 12.2 Å². The molecule has 0 aromatic heterocycles. The molecule has 1 N–H and O–H groups in total. The molecule has 1 aromatic rings. The maximum atomic E-state index is 12.8. The van der Waals surface area contributed by atoms with Crippen molar-refractivity contribution in [3.63, 3.8) is 0 Å². The van der Waals surface area contributed by atoms with E-state index in [4.69, 9.17) is 4.74 Å². The van der Waals surface area contributed by atoms with Crippen LogP contribution < -0.4 is 4.74 Å². The van der Waals surface area contributed by atoms with E-state index in [1.807, 2.05) is 6.92 Å². The van der Waals surface area contributed by atoms with Crippen LogP contribution in [0.25, 0.3) is 0 Å². The summed E-state index contributed by atoms with van der Waals surface area (Å²) in [5.41, 5.74) is 0.850. The van der Waals surface area contributed by atoms with E-state index in [9.17, 15) is 14.7 Å². The number of amides is 2. The van der Waals surface area contributed by atoms with Gasteiger partial charge in [-0.05, 0) is 60.8 Å². The number of hydrogen-bond donors (Lipinski definition) is 1. The molecule has 1 aromatic carbocycles. The van der Waals surface area contributed by atoms with Gasteiger partial charge in [-0.25, -0.2) is 0 Å². The third-order valence-corrected chi connectivity index (χ3v) is 6.44. The van der Waals surface area contributed by atoms with Crippen molar-refractivity contribution in [1.29, 1.82) is 0 Å². The first kappa shape index (κ1) is 15.6. The number of nitrogens with zero attached hydrogens (tertiary/aromatic N) is 2. The molecule has 3 fully saturated rings. The lowest BCUT2D eigenvalue weighted by atomic mass is 9.85. The smallest absolute Gasteiger partial charge is 0.254 e. The number of phenolic OH excluding ortho intramolecular Hbond substituents is 1. The van der Waals surface area contributed by atoms with Crippen LogP contribution in [0.5, 0.6) is 11.5 Å². The SMILES string of the molecule is CCOc1cc(/C=N\N2C(=O)[C@@H]3[C@@H](C2=O)[C@@H]2C=C[C@H]3C23CC3)ccc1O. The Labute approximate surface area is 151 Å². The predicted octanol–water partition coefficient (Wildman–Crippen LogP) is 2.32. The summed E-state index contributed by atoms with van der Waals surface area (Å²) in [5, 5.41) is 15.0. The number of allylic oxidation sites excluding steroid dienone is 2. The Morgan fingerprint density at radius 3 is 2.46 bits per heavy atom. The van der Waals surface area contributed by atoms with E-state index in [0.29, 0.717) is 17.9 Å². The van der Waals surface area contributed by atoms with E-state index in [1.54, 1.807) is 12.1 Å². The van der Waals surface area contributed by atoms with E-state index in [1.165, 1.54) is 12.3 Å². The summed E-state index contributed by atoms with van der Waals surface area (Å²) < 4.78 is 5.35. The summed E-state index contributed by atoms with van der Waals surface area (Å²) in [7, 11) is 0. The minimum absolute atomic E-state index is 0.0456. The first-order chi connectivity index (χ1) is 12.6. The van der Waals surface area contributed by atoms with Gasteiger partial charge in [0.25, 0.3) is 11.8 Å². The Bertz CT molecular complexity index is 837. The Kier molecular flexibility index (Phi) is 3.12. The number of aromatic hydroxyl groups is 1. The lowest BCUT2D eigenvalue weighted by Crippen LogP contribution is -2.30. The first-order valence-corrected chi connectivity index (χ1v) is 9.13. The van der Waals surface area contributed by atoms with Crippen molar-refractivity contribution in [2.45, 2.75) is 19.8 Å². The lowest BCUT2D eigenvalue weighted by molar-refractivity contribution is -0.141. The van der Waals surface area contributed by atoms with Gasteiger partial charge in [0.05, 0.1) is 24.7 Å². The Balaban J connectivity index is 1.39. The van der Waals surface area contributed by atoms with Crippen molar-refractivity contribution in [3.8, 4) is 11.5 Å². The maximum Gasteiger partial charge on any atom is 0.254 e. The number of rotatable bonds is 4. The van der Waals surface area contributed by atoms with Crippen LogP contribution in [-0.4, -0.2) is 34.8 Å². The first-order valence-electron chi connectivity index (χ1n) is 9.13. The molecule has 1 aliphatic heterocycles. The van der Waals surface area contributed by atoms with Crippen LogP contribution in [0.1, 0.15) is 25.3 Å². The van der Waals surface area contributed by atoms with Crippen molar-refractivity contribution in [2.75, 3.05) is 6.61 Å². The van der Waals surface area contributed by atoms with Crippen molar-refractivity contribution < 1.29 is 19.4 Å². The highest BCUT2D eigenvalue weighted by Crippen LogP contribution is 2.73. The number of benzene rings is 1. The summed E-state index contributed by atoms with van der Waals surface area (Å²) in [6.45, 7) is 2.26. The summed E-state index contributed by atoms with van der Waals surface area (Å²) in [4.78, 5) is 25.7. The molecule has 6 heteroatoms. The molecule has 134 valence electrons. The number of hydrazone groups is 1. The molecule has 4 atom stereocenters. The zero-order valence-electron chi connectivity index (χ0n) is 14.5. The molecule has 26 heavy (non-hydrogen) atoms. The molecule has 4 aliphatic rings. The van der Waals surface area contributed by atoms with E-state index in [-0.39, 0.29) is 46.7 Å². The third kappa shape index (κ3) is 1.90. The van der Waals surface area contributed by atoms with E-state index >= 15 is 0 Å². The fraction of sp³-hybridized carbons (Fsp3) is 0.450. The maximum absolute atomic E-state index is 12.8. The number of ether oxygens (including phenoxy) is 1. The molecule has 2 bridgehead atoms. The summed E-state index contributed by atoms with van der Waals surface area (Å²) in [6, 6.07) is 4.81. The second-order valence-electron chi connectivity index (χ2n) is 7.61. The highest BCUT2D eigenvalue weighted by atomic mass is 16.5. The number of phenols is 1. The van der Waals surface area contributed by atoms with Crippen LogP contribution in [0.15, 0.2) is 35.5 Å². The minimum Gasteiger partial charge on any atom is -0.504 e. The molecule has 6 nitrogen and oxygen atoms in total. The zero-order chi connectivity index (χ0) is 18.1. The number of fused-ring (bicyclic) bond motifs is 3. The highest BCUT2D eigenvalue weighted by molar-refractivity contribution is 6.07. The average molecular weight is 352 g/mol. The van der Waals surface area contributed by atoms with Gasteiger partial charge in [-0.2, -0.15) is 10.1 Å². The molecule has 2 amide bonds. The average Bonchev–Trinajstić information content (AvgIpc) is 3.23. The monoisotopic (exact) mass is 352 g/mol. The molecule has 0 unspecified atom stereocenters. The Morgan fingerprint density at radius 2 is 1.88 bits per heavy atom. The van der Waals surface area contributed by atoms with Crippen LogP contribution in [0.3, 0.4) is 0 Å². The fourth-order valence-electron chi connectivity index (χ4n) is 5.18. The summed E-state index contributed by atoms with van der Waals surface area (Å²) in [5.74, 6) is -0.0346. The van der Waals surface area contributed by atoms with Gasteiger partial charge in [0.15, 0.2) is 11.5 Å². The molecule has 1 saturated heterocycles. The number of imide groups is 1. The number of carbonyl (C=O) groups excluding carboxylic acids is 2. The van der Waals surface area contributed by atoms with Gasteiger partial charge in [0.1, 0.15) is 0 Å². The Hall–Kier alpha value is -2.63. The highest BCUT2D eigenvalue weighted by Gasteiger charge is 2.73. The van der Waals surface area contributed by atoms with Gasteiger partial charge in [0, 0.05) is 0 Å². The van der Waals surface area contributed by atoms with Gasteiger partial charge in [-0.3, -0.25) is 9.59 Å². The second-order valence-corrected chi connectivity index (χ2v) is 7.61. The van der Waals surface area contributed by atoms with Gasteiger partial charge >= 0.3 is 0 Å². The van der Waals surface area contributed by atoms with Gasteiger partial charge < -0.3 is 9.84 Å². The molecule has 1 heterocycles. The quantitative estimate of drug-likeness (QED) is 0.512.